The van der Waals surface area contributed by atoms with Gasteiger partial charge in [0.15, 0.2) is 0 Å². The van der Waals surface area contributed by atoms with Crippen LogP contribution in [-0.4, -0.2) is 47.4 Å². The van der Waals surface area contributed by atoms with Crippen LogP contribution in [0.4, 0.5) is 0 Å². The van der Waals surface area contributed by atoms with Gasteiger partial charge in [-0.1, -0.05) is 322 Å². The Morgan fingerprint density at radius 2 is 0.603 bits per heavy atom. The van der Waals surface area contributed by atoms with E-state index in [0.717, 1.165) is 44.9 Å². The Bertz CT molecular complexity index is 975. The van der Waals surface area contributed by atoms with Crippen LogP contribution in [0.15, 0.2) is 0 Å². The summed E-state index contributed by atoms with van der Waals surface area (Å²) in [6.45, 7) is 4.98. The molecule has 68 heavy (non-hydrogen) atoms. The Kier molecular flexibility index (Phi) is 57.5. The first-order valence-corrected chi connectivity index (χ1v) is 31.3. The zero-order valence-corrected chi connectivity index (χ0v) is 46.4. The monoisotopic (exact) mass is 962 g/mol. The molecule has 0 saturated heterocycles. The SMILES string of the molecule is CCCCCCCCCCCCCCCCCCCCCCCCC(O)C(CO)NC(=O)CCCCCCCCCCCCCCCCCCOC(=O)CCCCCCCCCCCCCCC. The van der Waals surface area contributed by atoms with Gasteiger partial charge in [-0.25, -0.2) is 0 Å². The van der Waals surface area contributed by atoms with E-state index in [1.165, 1.54) is 283 Å². The number of ether oxygens (including phenoxy) is 1. The van der Waals surface area contributed by atoms with Crippen LogP contribution < -0.4 is 5.32 Å². The van der Waals surface area contributed by atoms with Crippen LogP contribution in [0.25, 0.3) is 0 Å². The summed E-state index contributed by atoms with van der Waals surface area (Å²) < 4.78 is 5.48. The highest BCUT2D eigenvalue weighted by atomic mass is 16.5. The zero-order chi connectivity index (χ0) is 49.3. The van der Waals surface area contributed by atoms with Gasteiger partial charge in [-0.05, 0) is 25.7 Å². The molecule has 0 bridgehead atoms. The van der Waals surface area contributed by atoms with E-state index < -0.39 is 12.1 Å². The molecule has 0 fully saturated rings. The van der Waals surface area contributed by atoms with Gasteiger partial charge in [0.25, 0.3) is 0 Å². The number of esters is 1. The first-order chi connectivity index (χ1) is 33.5. The minimum atomic E-state index is -0.669. The number of nitrogens with one attached hydrogen (secondary N) is 1. The first-order valence-electron chi connectivity index (χ1n) is 31.3. The van der Waals surface area contributed by atoms with Crippen molar-refractivity contribution >= 4 is 11.9 Å². The van der Waals surface area contributed by atoms with E-state index in [-0.39, 0.29) is 18.5 Å². The fourth-order valence-corrected chi connectivity index (χ4v) is 10.1. The third-order valence-electron chi connectivity index (χ3n) is 14.9. The van der Waals surface area contributed by atoms with E-state index in [1.807, 2.05) is 0 Å². The highest BCUT2D eigenvalue weighted by molar-refractivity contribution is 5.76. The maximum absolute atomic E-state index is 12.5. The Balaban J connectivity index is 3.41. The smallest absolute Gasteiger partial charge is 0.305 e. The predicted octanol–water partition coefficient (Wildman–Crippen LogP) is 19.5. The van der Waals surface area contributed by atoms with Gasteiger partial charge in [0.1, 0.15) is 0 Å². The molecular weight excluding hydrogens is 839 g/mol. The summed E-state index contributed by atoms with van der Waals surface area (Å²) in [4.78, 5) is 24.6. The number of unbranched alkanes of at least 4 members (excludes halogenated alkanes) is 48. The van der Waals surface area contributed by atoms with Crippen molar-refractivity contribution in [2.75, 3.05) is 13.2 Å². The minimum Gasteiger partial charge on any atom is -0.466 e. The lowest BCUT2D eigenvalue weighted by Gasteiger charge is -2.22. The van der Waals surface area contributed by atoms with Crippen LogP contribution in [0.3, 0.4) is 0 Å². The molecule has 6 heteroatoms. The largest absolute Gasteiger partial charge is 0.466 e. The maximum Gasteiger partial charge on any atom is 0.305 e. The Morgan fingerprint density at radius 3 is 0.897 bits per heavy atom. The number of rotatable bonds is 59. The number of hydrogen-bond acceptors (Lipinski definition) is 5. The molecule has 6 nitrogen and oxygen atoms in total. The van der Waals surface area contributed by atoms with Gasteiger partial charge in [-0.15, -0.1) is 0 Å². The average Bonchev–Trinajstić information content (AvgIpc) is 3.34. The van der Waals surface area contributed by atoms with Crippen molar-refractivity contribution in [3.63, 3.8) is 0 Å². The van der Waals surface area contributed by atoms with Crippen molar-refractivity contribution in [2.45, 2.75) is 373 Å². The Morgan fingerprint density at radius 1 is 0.353 bits per heavy atom. The molecule has 0 spiro atoms. The van der Waals surface area contributed by atoms with E-state index >= 15 is 0 Å². The summed E-state index contributed by atoms with van der Waals surface area (Å²) in [5, 5.41) is 23.4. The second kappa shape index (κ2) is 58.4. The number of hydrogen-bond donors (Lipinski definition) is 3. The predicted molar refractivity (Wildman–Crippen MR) is 297 cm³/mol. The molecule has 406 valence electrons. The fraction of sp³-hybridized carbons (Fsp3) is 0.968. The van der Waals surface area contributed by atoms with Crippen LogP contribution in [0.5, 0.6) is 0 Å². The topological polar surface area (TPSA) is 95.9 Å². The van der Waals surface area contributed by atoms with Crippen molar-refractivity contribution < 1.29 is 24.5 Å². The normalized spacial score (nSPS) is 12.5. The summed E-state index contributed by atoms with van der Waals surface area (Å²) in [5.74, 6) is -0.0307. The highest BCUT2D eigenvalue weighted by Gasteiger charge is 2.20. The van der Waals surface area contributed by atoms with Gasteiger partial charge in [-0.3, -0.25) is 9.59 Å². The van der Waals surface area contributed by atoms with E-state index in [9.17, 15) is 19.8 Å². The Labute approximate surface area is 426 Å². The third kappa shape index (κ3) is 54.2. The lowest BCUT2D eigenvalue weighted by molar-refractivity contribution is -0.143. The molecule has 0 aliphatic carbocycles. The molecule has 0 aromatic carbocycles. The molecule has 3 N–H and O–H groups in total. The summed E-state index contributed by atoms with van der Waals surface area (Å²) >= 11 is 0. The van der Waals surface area contributed by atoms with Crippen molar-refractivity contribution in [3.8, 4) is 0 Å². The van der Waals surface area contributed by atoms with Gasteiger partial charge >= 0.3 is 5.97 Å². The maximum atomic E-state index is 12.5. The standard InChI is InChI=1S/C62H123NO5/c1-3-5-7-9-11-13-15-17-18-19-20-21-22-23-24-27-31-34-38-42-46-50-54-60(65)59(58-64)63-61(66)55-51-47-43-39-35-32-28-25-26-29-33-37-41-45-49-53-57-68-62(67)56-52-48-44-40-36-30-16-14-12-10-8-6-4-2/h59-60,64-65H,3-58H2,1-2H3,(H,63,66). The summed E-state index contributed by atoms with van der Waals surface area (Å²) in [6, 6.07) is -0.546. The van der Waals surface area contributed by atoms with Gasteiger partial charge in [0.2, 0.25) is 5.91 Å². The lowest BCUT2D eigenvalue weighted by atomic mass is 10.0. The molecule has 0 rings (SSSR count). The van der Waals surface area contributed by atoms with Crippen molar-refractivity contribution in [3.05, 3.63) is 0 Å². The van der Waals surface area contributed by atoms with Crippen molar-refractivity contribution in [1.29, 1.82) is 0 Å². The highest BCUT2D eigenvalue weighted by Crippen LogP contribution is 2.19. The van der Waals surface area contributed by atoms with Crippen molar-refractivity contribution in [1.82, 2.24) is 5.32 Å². The summed E-state index contributed by atoms with van der Waals surface area (Å²) in [7, 11) is 0. The van der Waals surface area contributed by atoms with Crippen LogP contribution in [0, 0.1) is 0 Å². The van der Waals surface area contributed by atoms with Gasteiger partial charge in [0.05, 0.1) is 25.4 Å². The zero-order valence-electron chi connectivity index (χ0n) is 46.4. The number of amides is 1. The number of aliphatic hydroxyl groups is 2. The van der Waals surface area contributed by atoms with Gasteiger partial charge in [-0.2, -0.15) is 0 Å². The average molecular weight is 963 g/mol. The molecule has 0 aliphatic heterocycles. The molecule has 2 unspecified atom stereocenters. The van der Waals surface area contributed by atoms with E-state index in [0.29, 0.717) is 25.9 Å². The first kappa shape index (κ1) is 66.9. The van der Waals surface area contributed by atoms with Crippen LogP contribution in [0.2, 0.25) is 0 Å². The van der Waals surface area contributed by atoms with Gasteiger partial charge < -0.3 is 20.3 Å². The summed E-state index contributed by atoms with van der Waals surface area (Å²) in [6.07, 6.45) is 68.2. The molecule has 0 aromatic rings. The molecule has 0 saturated carbocycles. The van der Waals surface area contributed by atoms with E-state index in [2.05, 4.69) is 19.2 Å². The second-order valence-electron chi connectivity index (χ2n) is 21.8. The molecule has 0 aromatic heterocycles. The molecule has 0 heterocycles. The van der Waals surface area contributed by atoms with Crippen LogP contribution in [-0.2, 0) is 14.3 Å². The van der Waals surface area contributed by atoms with Crippen LogP contribution >= 0.6 is 0 Å². The lowest BCUT2D eigenvalue weighted by Crippen LogP contribution is -2.45. The summed E-state index contributed by atoms with van der Waals surface area (Å²) in [5.41, 5.74) is 0. The third-order valence-corrected chi connectivity index (χ3v) is 14.9. The molecule has 0 radical (unpaired) electrons. The molecule has 0 aliphatic rings. The molecule has 2 atom stereocenters. The number of aliphatic hydroxyl groups excluding tert-OH is 2. The number of carbonyl (C=O) groups excluding carboxylic acids is 2. The van der Waals surface area contributed by atoms with Crippen molar-refractivity contribution in [2.24, 2.45) is 0 Å². The molecular formula is C62H123NO5. The minimum absolute atomic E-state index is 0.00617. The van der Waals surface area contributed by atoms with Gasteiger partial charge in [0, 0.05) is 12.8 Å². The molecule has 1 amide bonds. The number of carbonyl (C=O) groups is 2. The Hall–Kier alpha value is -1.14. The van der Waals surface area contributed by atoms with Crippen LogP contribution in [0.1, 0.15) is 361 Å². The fourth-order valence-electron chi connectivity index (χ4n) is 10.1. The second-order valence-corrected chi connectivity index (χ2v) is 21.8. The quantitative estimate of drug-likeness (QED) is 0.0417. The van der Waals surface area contributed by atoms with E-state index in [1.54, 1.807) is 0 Å². The van der Waals surface area contributed by atoms with E-state index in [4.69, 9.17) is 4.74 Å².